The van der Waals surface area contributed by atoms with E-state index in [2.05, 4.69) is 10.3 Å². The van der Waals surface area contributed by atoms with Crippen LogP contribution in [0.3, 0.4) is 0 Å². The van der Waals surface area contributed by atoms with Crippen LogP contribution in [0.1, 0.15) is 19.8 Å². The van der Waals surface area contributed by atoms with Gasteiger partial charge >= 0.3 is 5.97 Å². The number of hydrogen-bond donors (Lipinski definition) is 3. The number of carboxylic acids is 1. The molecule has 0 bridgehead atoms. The summed E-state index contributed by atoms with van der Waals surface area (Å²) < 4.78 is 0. The molecule has 1 atom stereocenters. The first-order valence-corrected chi connectivity index (χ1v) is 7.22. The van der Waals surface area contributed by atoms with E-state index in [1.165, 1.54) is 0 Å². The molecule has 1 fully saturated rings. The van der Waals surface area contributed by atoms with E-state index in [4.69, 9.17) is 5.73 Å². The molecule has 7 heteroatoms. The number of nitrogens with zero attached hydrogens (tertiary/aromatic N) is 2. The van der Waals surface area contributed by atoms with Gasteiger partial charge < -0.3 is 15.7 Å². The molecule has 1 aliphatic carbocycles. The summed E-state index contributed by atoms with van der Waals surface area (Å²) >= 11 is 0. The van der Waals surface area contributed by atoms with Crippen LogP contribution in [0.2, 0.25) is 0 Å². The Hall–Kier alpha value is -2.41. The molecular weight excluding hydrogens is 284 g/mol. The van der Waals surface area contributed by atoms with Gasteiger partial charge in [0.05, 0.1) is 17.1 Å². The number of aliphatic carboxylic acids is 1. The molecule has 1 amide bonds. The van der Waals surface area contributed by atoms with Gasteiger partial charge in [0, 0.05) is 12.1 Å². The number of carboxylic acid groups (broad SMARTS) is 1. The molecule has 22 heavy (non-hydrogen) atoms. The minimum absolute atomic E-state index is 0.307. The molecule has 3 aliphatic rings. The van der Waals surface area contributed by atoms with Gasteiger partial charge in [0.1, 0.15) is 6.54 Å². The summed E-state index contributed by atoms with van der Waals surface area (Å²) in [5.74, 6) is -1.59. The largest absolute Gasteiger partial charge is 0.480 e. The van der Waals surface area contributed by atoms with Gasteiger partial charge in [-0.25, -0.2) is 4.99 Å². The van der Waals surface area contributed by atoms with Crippen molar-refractivity contribution in [3.63, 3.8) is 0 Å². The van der Waals surface area contributed by atoms with Gasteiger partial charge in [0.25, 0.3) is 5.91 Å². The normalized spacial score (nSPS) is 26.3. The van der Waals surface area contributed by atoms with Crippen molar-refractivity contribution in [2.24, 2.45) is 10.7 Å². The second-order valence-electron chi connectivity index (χ2n) is 5.48. The maximum Gasteiger partial charge on any atom is 0.323 e. The fourth-order valence-corrected chi connectivity index (χ4v) is 3.26. The Bertz CT molecular complexity index is 674. The standard InChI is InChI=1S/C15H18N4O3/c1-2-15(14(16)22)17-7-11-13(19(15)8-12(20)21)9-5-3-4-6-10(9)18-11/h3-4,6,17H,2,5,7-8H2,1H3,(H2,16,22)(H,20,21). The van der Waals surface area contributed by atoms with Crippen molar-refractivity contribution in [1.82, 2.24) is 10.2 Å². The summed E-state index contributed by atoms with van der Waals surface area (Å²) in [6, 6.07) is 0. The van der Waals surface area contributed by atoms with E-state index in [9.17, 15) is 14.7 Å². The number of carbonyl (C=O) groups excluding carboxylic acids is 1. The molecule has 1 unspecified atom stereocenters. The molecule has 3 rings (SSSR count). The van der Waals surface area contributed by atoms with Gasteiger partial charge in [-0.15, -0.1) is 0 Å². The first kappa shape index (κ1) is 14.5. The van der Waals surface area contributed by atoms with Gasteiger partial charge in [-0.3, -0.25) is 14.9 Å². The van der Waals surface area contributed by atoms with E-state index >= 15 is 0 Å². The smallest absolute Gasteiger partial charge is 0.323 e. The van der Waals surface area contributed by atoms with Crippen molar-refractivity contribution >= 4 is 17.6 Å². The Morgan fingerprint density at radius 2 is 2.32 bits per heavy atom. The molecular formula is C15H18N4O3. The lowest BCUT2D eigenvalue weighted by molar-refractivity contribution is -0.142. The highest BCUT2D eigenvalue weighted by Crippen LogP contribution is 2.38. The number of nitrogens with two attached hydrogens (primary N) is 1. The summed E-state index contributed by atoms with van der Waals surface area (Å²) in [7, 11) is 0. The Labute approximate surface area is 127 Å². The third-order valence-corrected chi connectivity index (χ3v) is 4.33. The van der Waals surface area contributed by atoms with Crippen LogP contribution in [0.15, 0.2) is 40.2 Å². The number of allylic oxidation sites excluding steroid dienone is 4. The van der Waals surface area contributed by atoms with E-state index in [1.807, 2.05) is 25.2 Å². The van der Waals surface area contributed by atoms with Crippen LogP contribution in [0.4, 0.5) is 0 Å². The Balaban J connectivity index is 2.15. The zero-order valence-corrected chi connectivity index (χ0v) is 12.3. The summed E-state index contributed by atoms with van der Waals surface area (Å²) in [4.78, 5) is 29.5. The number of nitrogens with one attached hydrogen (secondary N) is 1. The van der Waals surface area contributed by atoms with E-state index < -0.39 is 17.5 Å². The highest BCUT2D eigenvalue weighted by atomic mass is 16.4. The van der Waals surface area contributed by atoms with E-state index in [0.29, 0.717) is 19.4 Å². The SMILES string of the molecule is CCC1(C(N)=O)NCC2=NC3=CC=CCC3=C2N1CC(=O)O. The number of aliphatic imine (C=N–C) groups is 1. The highest BCUT2D eigenvalue weighted by molar-refractivity contribution is 6.08. The van der Waals surface area contributed by atoms with Gasteiger partial charge in [0.15, 0.2) is 5.66 Å². The number of hydrogen-bond acceptors (Lipinski definition) is 5. The molecule has 0 aromatic rings. The van der Waals surface area contributed by atoms with Crippen molar-refractivity contribution in [2.45, 2.75) is 25.4 Å². The zero-order valence-electron chi connectivity index (χ0n) is 12.3. The van der Waals surface area contributed by atoms with Crippen LogP contribution in [0.5, 0.6) is 0 Å². The zero-order chi connectivity index (χ0) is 15.9. The molecule has 116 valence electrons. The average Bonchev–Trinajstić information content (AvgIpc) is 2.85. The topological polar surface area (TPSA) is 108 Å². The second-order valence-corrected chi connectivity index (χ2v) is 5.48. The van der Waals surface area contributed by atoms with Crippen molar-refractivity contribution < 1.29 is 14.7 Å². The summed E-state index contributed by atoms with van der Waals surface area (Å²) in [5, 5.41) is 12.4. The van der Waals surface area contributed by atoms with Gasteiger partial charge in [-0.1, -0.05) is 19.1 Å². The molecule has 7 nitrogen and oxygen atoms in total. The number of carbonyl (C=O) groups is 2. The van der Waals surface area contributed by atoms with Crippen LogP contribution >= 0.6 is 0 Å². The molecule has 0 saturated carbocycles. The molecule has 2 heterocycles. The average molecular weight is 302 g/mol. The van der Waals surface area contributed by atoms with Gasteiger partial charge in [0.2, 0.25) is 0 Å². The van der Waals surface area contributed by atoms with Crippen LogP contribution in [0, 0.1) is 0 Å². The van der Waals surface area contributed by atoms with Crippen LogP contribution in [-0.2, 0) is 9.59 Å². The summed E-state index contributed by atoms with van der Waals surface area (Å²) in [6.45, 7) is 1.90. The van der Waals surface area contributed by atoms with Gasteiger partial charge in [-0.2, -0.15) is 0 Å². The van der Waals surface area contributed by atoms with Crippen molar-refractivity contribution in [3.05, 3.63) is 35.2 Å². The minimum Gasteiger partial charge on any atom is -0.480 e. The number of amides is 1. The molecule has 0 aromatic carbocycles. The molecule has 0 radical (unpaired) electrons. The molecule has 1 saturated heterocycles. The highest BCUT2D eigenvalue weighted by Gasteiger charge is 2.49. The van der Waals surface area contributed by atoms with Crippen molar-refractivity contribution in [1.29, 1.82) is 0 Å². The second kappa shape index (κ2) is 5.10. The predicted molar refractivity (Wildman–Crippen MR) is 80.9 cm³/mol. The summed E-state index contributed by atoms with van der Waals surface area (Å²) in [6.07, 6.45) is 6.85. The van der Waals surface area contributed by atoms with Crippen LogP contribution in [-0.4, -0.2) is 46.3 Å². The molecule has 4 N–H and O–H groups in total. The first-order chi connectivity index (χ1) is 10.5. The molecule has 0 spiro atoms. The van der Waals surface area contributed by atoms with E-state index in [0.717, 1.165) is 22.7 Å². The van der Waals surface area contributed by atoms with E-state index in [1.54, 1.807) is 4.90 Å². The van der Waals surface area contributed by atoms with Crippen molar-refractivity contribution in [2.75, 3.05) is 13.1 Å². The lowest BCUT2D eigenvalue weighted by atomic mass is 9.94. The Morgan fingerprint density at radius 1 is 1.55 bits per heavy atom. The van der Waals surface area contributed by atoms with Crippen LogP contribution in [0.25, 0.3) is 0 Å². The van der Waals surface area contributed by atoms with E-state index in [-0.39, 0.29) is 6.54 Å². The fourth-order valence-electron chi connectivity index (χ4n) is 3.26. The third kappa shape index (κ3) is 1.97. The fraction of sp³-hybridized carbons (Fsp3) is 0.400. The lowest BCUT2D eigenvalue weighted by Crippen LogP contribution is -2.70. The number of fused-ring (bicyclic) bond motifs is 2. The van der Waals surface area contributed by atoms with Crippen LogP contribution < -0.4 is 11.1 Å². The summed E-state index contributed by atoms with van der Waals surface area (Å²) in [5.41, 5.74) is 7.69. The lowest BCUT2D eigenvalue weighted by Gasteiger charge is -2.47. The maximum absolute atomic E-state index is 12.1. The Morgan fingerprint density at radius 3 is 2.95 bits per heavy atom. The molecule has 2 aliphatic heterocycles. The maximum atomic E-state index is 12.1. The van der Waals surface area contributed by atoms with Crippen molar-refractivity contribution in [3.8, 4) is 0 Å². The Kier molecular flexibility index (Phi) is 3.37. The monoisotopic (exact) mass is 302 g/mol. The predicted octanol–water partition coefficient (Wildman–Crippen LogP) is 0.120. The molecule has 0 aromatic heterocycles. The number of primary amides is 1. The quantitative estimate of drug-likeness (QED) is 0.683. The number of rotatable bonds is 4. The first-order valence-electron chi connectivity index (χ1n) is 7.22. The minimum atomic E-state index is -1.20. The van der Waals surface area contributed by atoms with Gasteiger partial charge in [-0.05, 0) is 18.9 Å². The third-order valence-electron chi connectivity index (χ3n) is 4.33.